The molecule has 2 N–H and O–H groups in total. The van der Waals surface area contributed by atoms with Gasteiger partial charge < -0.3 is 10.6 Å². The summed E-state index contributed by atoms with van der Waals surface area (Å²) in [6, 6.07) is 1.61. The number of carbonyl (C=O) groups excluding carboxylic acids is 1. The van der Waals surface area contributed by atoms with Crippen LogP contribution in [0.3, 0.4) is 0 Å². The Balaban J connectivity index is 3.04. The lowest BCUT2D eigenvalue weighted by Crippen LogP contribution is -2.28. The Morgan fingerprint density at radius 1 is 1.29 bits per heavy atom. The number of carbonyl (C=O) groups is 1. The Morgan fingerprint density at radius 2 is 1.88 bits per heavy atom. The molecule has 0 saturated heterocycles. The number of aromatic nitrogens is 2. The van der Waals surface area contributed by atoms with Crippen molar-refractivity contribution in [3.8, 4) is 0 Å². The third-order valence-electron chi connectivity index (χ3n) is 2.36. The first-order chi connectivity index (χ1) is 8.08. The summed E-state index contributed by atoms with van der Waals surface area (Å²) < 4.78 is 0. The Kier molecular flexibility index (Phi) is 4.87. The molecular weight excluding hydrogens is 216 g/mol. The zero-order valence-electron chi connectivity index (χ0n) is 10.7. The highest BCUT2D eigenvalue weighted by Gasteiger charge is 2.12. The van der Waals surface area contributed by atoms with Gasteiger partial charge in [-0.2, -0.15) is 0 Å². The quantitative estimate of drug-likeness (QED) is 0.812. The lowest BCUT2D eigenvalue weighted by Gasteiger charge is -2.21. The highest BCUT2D eigenvalue weighted by molar-refractivity contribution is 5.91. The number of anilines is 1. The third kappa shape index (κ3) is 3.69. The van der Waals surface area contributed by atoms with Crippen LogP contribution in [0.5, 0.6) is 0 Å². The van der Waals surface area contributed by atoms with Crippen LogP contribution < -0.4 is 10.6 Å². The predicted octanol–water partition coefficient (Wildman–Crippen LogP) is 1.51. The molecule has 1 aromatic rings. The van der Waals surface area contributed by atoms with Gasteiger partial charge in [0.15, 0.2) is 0 Å². The summed E-state index contributed by atoms with van der Waals surface area (Å²) >= 11 is 0. The Labute approximate surface area is 102 Å². The second-order valence-corrected chi connectivity index (χ2v) is 4.05. The number of aryl methyl sites for hydroxylation is 1. The minimum absolute atomic E-state index is 0.282. The van der Waals surface area contributed by atoms with E-state index in [0.29, 0.717) is 5.95 Å². The number of rotatable bonds is 6. The molecule has 94 valence electrons. The highest BCUT2D eigenvalue weighted by atomic mass is 16.1. The van der Waals surface area contributed by atoms with Crippen molar-refractivity contribution in [1.82, 2.24) is 9.97 Å². The first-order valence-corrected chi connectivity index (χ1v) is 5.98. The molecule has 0 aliphatic rings. The Bertz CT molecular complexity index is 386. The van der Waals surface area contributed by atoms with Gasteiger partial charge in [-0.15, -0.1) is 0 Å². The monoisotopic (exact) mass is 236 g/mol. The molecule has 1 aromatic heterocycles. The molecule has 1 rings (SSSR count). The Morgan fingerprint density at radius 3 is 2.35 bits per heavy atom. The molecule has 0 spiro atoms. The predicted molar refractivity (Wildman–Crippen MR) is 68.1 cm³/mol. The van der Waals surface area contributed by atoms with Crippen LogP contribution in [0.4, 0.5) is 5.95 Å². The van der Waals surface area contributed by atoms with Crippen molar-refractivity contribution in [1.29, 1.82) is 0 Å². The minimum atomic E-state index is -0.510. The van der Waals surface area contributed by atoms with E-state index in [-0.39, 0.29) is 5.69 Å². The van der Waals surface area contributed by atoms with Crippen molar-refractivity contribution >= 4 is 11.9 Å². The lowest BCUT2D eigenvalue weighted by atomic mass is 10.3. The largest absolute Gasteiger partial charge is 0.364 e. The van der Waals surface area contributed by atoms with Gasteiger partial charge in [-0.05, 0) is 25.8 Å². The van der Waals surface area contributed by atoms with Crippen LogP contribution in [-0.2, 0) is 0 Å². The second-order valence-electron chi connectivity index (χ2n) is 4.05. The van der Waals surface area contributed by atoms with Crippen LogP contribution in [0.25, 0.3) is 0 Å². The molecule has 0 aliphatic carbocycles. The number of nitrogens with two attached hydrogens (primary N) is 1. The fourth-order valence-electron chi connectivity index (χ4n) is 1.67. The fourth-order valence-corrected chi connectivity index (χ4v) is 1.67. The van der Waals surface area contributed by atoms with E-state index in [1.807, 2.05) is 6.92 Å². The molecule has 0 bridgehead atoms. The molecule has 0 saturated carbocycles. The number of hydrogen-bond acceptors (Lipinski definition) is 4. The van der Waals surface area contributed by atoms with Crippen molar-refractivity contribution in [2.45, 2.75) is 33.6 Å². The van der Waals surface area contributed by atoms with Gasteiger partial charge in [0, 0.05) is 18.8 Å². The van der Waals surface area contributed by atoms with Crippen LogP contribution in [0, 0.1) is 6.92 Å². The summed E-state index contributed by atoms with van der Waals surface area (Å²) in [4.78, 5) is 21.8. The molecule has 0 radical (unpaired) electrons. The van der Waals surface area contributed by atoms with Crippen LogP contribution in [0.2, 0.25) is 0 Å². The van der Waals surface area contributed by atoms with Crippen molar-refractivity contribution in [3.63, 3.8) is 0 Å². The van der Waals surface area contributed by atoms with E-state index in [2.05, 4.69) is 28.7 Å². The summed E-state index contributed by atoms with van der Waals surface area (Å²) in [6.07, 6.45) is 2.03. The maximum absolute atomic E-state index is 11.2. The van der Waals surface area contributed by atoms with Crippen LogP contribution in [0.15, 0.2) is 6.07 Å². The second kappa shape index (κ2) is 6.18. The smallest absolute Gasteiger partial charge is 0.267 e. The maximum atomic E-state index is 11.2. The molecule has 1 amide bonds. The molecule has 17 heavy (non-hydrogen) atoms. The van der Waals surface area contributed by atoms with Gasteiger partial charge in [-0.3, -0.25) is 4.79 Å². The van der Waals surface area contributed by atoms with Crippen LogP contribution in [-0.4, -0.2) is 29.0 Å². The summed E-state index contributed by atoms with van der Waals surface area (Å²) in [5, 5.41) is 0. The normalized spacial score (nSPS) is 10.3. The van der Waals surface area contributed by atoms with Gasteiger partial charge in [-0.25, -0.2) is 9.97 Å². The average Bonchev–Trinajstić information content (AvgIpc) is 2.28. The molecule has 0 aliphatic heterocycles. The van der Waals surface area contributed by atoms with E-state index in [9.17, 15) is 4.79 Å². The zero-order valence-corrected chi connectivity index (χ0v) is 10.7. The van der Waals surface area contributed by atoms with Gasteiger partial charge in [0.2, 0.25) is 5.95 Å². The zero-order chi connectivity index (χ0) is 12.8. The topological polar surface area (TPSA) is 72.1 Å². The van der Waals surface area contributed by atoms with E-state index in [1.54, 1.807) is 6.07 Å². The molecule has 1 heterocycles. The molecule has 5 heteroatoms. The van der Waals surface area contributed by atoms with Crippen molar-refractivity contribution in [2.24, 2.45) is 5.73 Å². The first kappa shape index (κ1) is 13.4. The van der Waals surface area contributed by atoms with E-state index >= 15 is 0 Å². The number of hydrogen-bond donors (Lipinski definition) is 1. The van der Waals surface area contributed by atoms with Crippen LogP contribution >= 0.6 is 0 Å². The minimum Gasteiger partial charge on any atom is -0.364 e. The van der Waals surface area contributed by atoms with Gasteiger partial charge in [0.05, 0.1) is 0 Å². The van der Waals surface area contributed by atoms with E-state index in [0.717, 1.165) is 31.6 Å². The Hall–Kier alpha value is -1.65. The molecule has 5 nitrogen and oxygen atoms in total. The van der Waals surface area contributed by atoms with Crippen molar-refractivity contribution in [3.05, 3.63) is 17.5 Å². The van der Waals surface area contributed by atoms with E-state index < -0.39 is 5.91 Å². The fraction of sp³-hybridized carbons (Fsp3) is 0.583. The van der Waals surface area contributed by atoms with Gasteiger partial charge in [-0.1, -0.05) is 13.8 Å². The molecule has 0 atom stereocenters. The van der Waals surface area contributed by atoms with Crippen molar-refractivity contribution in [2.75, 3.05) is 18.0 Å². The van der Waals surface area contributed by atoms with E-state index in [4.69, 9.17) is 5.73 Å². The number of nitrogens with zero attached hydrogens (tertiary/aromatic N) is 3. The first-order valence-electron chi connectivity index (χ1n) is 5.98. The summed E-state index contributed by atoms with van der Waals surface area (Å²) in [6.45, 7) is 7.82. The van der Waals surface area contributed by atoms with Crippen molar-refractivity contribution < 1.29 is 4.79 Å². The van der Waals surface area contributed by atoms with Crippen LogP contribution in [0.1, 0.15) is 42.9 Å². The van der Waals surface area contributed by atoms with E-state index in [1.165, 1.54) is 0 Å². The molecular formula is C12H20N4O. The number of primary amides is 1. The van der Waals surface area contributed by atoms with Gasteiger partial charge >= 0.3 is 0 Å². The third-order valence-corrected chi connectivity index (χ3v) is 2.36. The van der Waals surface area contributed by atoms with Gasteiger partial charge in [0.25, 0.3) is 5.91 Å². The molecule has 0 unspecified atom stereocenters. The highest BCUT2D eigenvalue weighted by Crippen LogP contribution is 2.11. The average molecular weight is 236 g/mol. The maximum Gasteiger partial charge on any atom is 0.267 e. The summed E-state index contributed by atoms with van der Waals surface area (Å²) in [7, 11) is 0. The standard InChI is InChI=1S/C12H20N4O/c1-4-6-16(7-5-2)12-14-9(3)8-10(15-12)11(13)17/h8H,4-7H2,1-3H3,(H2,13,17). The summed E-state index contributed by atoms with van der Waals surface area (Å²) in [5.41, 5.74) is 6.30. The molecule has 0 aromatic carbocycles. The number of amides is 1. The SMILES string of the molecule is CCCN(CCC)c1nc(C)cc(C(N)=O)n1. The molecule has 0 fully saturated rings. The van der Waals surface area contributed by atoms with Gasteiger partial charge in [0.1, 0.15) is 5.69 Å². The lowest BCUT2D eigenvalue weighted by molar-refractivity contribution is 0.0995. The summed E-state index contributed by atoms with van der Waals surface area (Å²) in [5.74, 6) is 0.0900.